The molecule has 120 valence electrons. The Bertz CT molecular complexity index is 838. The number of likely N-dealkylation sites (tertiary alicyclic amines) is 1. The van der Waals surface area contributed by atoms with Gasteiger partial charge in [-0.05, 0) is 43.7 Å². The van der Waals surface area contributed by atoms with E-state index in [0.29, 0.717) is 30.3 Å². The molecule has 1 saturated heterocycles. The molecule has 4 rings (SSSR count). The fourth-order valence-electron chi connectivity index (χ4n) is 3.70. The van der Waals surface area contributed by atoms with Gasteiger partial charge in [0.25, 0.3) is 5.91 Å². The Morgan fingerprint density at radius 1 is 1.30 bits per heavy atom. The third-order valence-electron chi connectivity index (χ3n) is 5.19. The summed E-state index contributed by atoms with van der Waals surface area (Å²) in [7, 11) is 0. The van der Waals surface area contributed by atoms with Crippen LogP contribution in [-0.4, -0.2) is 34.9 Å². The number of aromatic amines is 1. The lowest BCUT2D eigenvalue weighted by Crippen LogP contribution is -2.34. The fraction of sp³-hybridized carbons (Fsp3) is 0.444. The van der Waals surface area contributed by atoms with Gasteiger partial charge in [-0.1, -0.05) is 11.6 Å². The molecule has 3 N–H and O–H groups in total. The number of hydrogen-bond acceptors (Lipinski definition) is 3. The average molecular weight is 311 g/mol. The van der Waals surface area contributed by atoms with Crippen molar-refractivity contribution in [3.8, 4) is 0 Å². The van der Waals surface area contributed by atoms with Crippen molar-refractivity contribution in [1.82, 2.24) is 9.88 Å². The number of aryl methyl sites for hydroxylation is 1. The van der Waals surface area contributed by atoms with Crippen molar-refractivity contribution in [2.45, 2.75) is 25.8 Å². The van der Waals surface area contributed by atoms with Gasteiger partial charge in [-0.15, -0.1) is 0 Å². The third kappa shape index (κ3) is 2.45. The van der Waals surface area contributed by atoms with Crippen molar-refractivity contribution in [2.24, 2.45) is 17.6 Å². The van der Waals surface area contributed by atoms with Crippen LogP contribution in [0.1, 0.15) is 28.8 Å². The second-order valence-corrected chi connectivity index (χ2v) is 6.96. The lowest BCUT2D eigenvalue weighted by Gasteiger charge is -2.16. The smallest absolute Gasteiger partial charge is 0.259 e. The van der Waals surface area contributed by atoms with Gasteiger partial charge in [0.15, 0.2) is 0 Å². The molecule has 2 aromatic rings. The van der Waals surface area contributed by atoms with Gasteiger partial charge >= 0.3 is 0 Å². The van der Waals surface area contributed by atoms with E-state index in [1.165, 1.54) is 19.0 Å². The molecule has 5 heteroatoms. The number of carbonyl (C=O) groups excluding carboxylic acids is 1. The van der Waals surface area contributed by atoms with Gasteiger partial charge in [0, 0.05) is 36.2 Å². The molecular weight excluding hydrogens is 290 g/mol. The second kappa shape index (κ2) is 5.20. The van der Waals surface area contributed by atoms with Crippen LogP contribution in [0.3, 0.4) is 0 Å². The number of nitrogens with zero attached hydrogens (tertiary/aromatic N) is 1. The number of nitrogens with one attached hydrogen (secondary N) is 1. The molecule has 1 aliphatic carbocycles. The predicted octanol–water partition coefficient (Wildman–Crippen LogP) is 1.65. The van der Waals surface area contributed by atoms with Crippen LogP contribution in [0.25, 0.3) is 10.9 Å². The molecule has 5 nitrogen and oxygen atoms in total. The largest absolute Gasteiger partial charge is 0.360 e. The standard InChI is InChI=1S/C18H21N3O2/c1-10-2-5-16-12(6-10)17(22)13(7-20-16)18(23)21-8-14(11-3-4-11)15(19)9-21/h2,5-7,11,14-15H,3-4,8-9,19H2,1H3,(H,20,22)/t14-,15+/m1/s1. The van der Waals surface area contributed by atoms with E-state index in [-0.39, 0.29) is 22.9 Å². The normalized spacial score (nSPS) is 24.3. The van der Waals surface area contributed by atoms with Gasteiger partial charge < -0.3 is 15.6 Å². The van der Waals surface area contributed by atoms with Crippen LogP contribution in [0, 0.1) is 18.8 Å². The number of hydrogen-bond donors (Lipinski definition) is 2. The van der Waals surface area contributed by atoms with E-state index in [0.717, 1.165) is 11.1 Å². The third-order valence-corrected chi connectivity index (χ3v) is 5.19. The molecule has 1 aromatic heterocycles. The van der Waals surface area contributed by atoms with Crippen molar-refractivity contribution < 1.29 is 4.79 Å². The number of pyridine rings is 1. The van der Waals surface area contributed by atoms with E-state index >= 15 is 0 Å². The van der Waals surface area contributed by atoms with Gasteiger partial charge in [0.1, 0.15) is 5.56 Å². The first kappa shape index (κ1) is 14.5. The molecule has 2 heterocycles. The number of fused-ring (bicyclic) bond motifs is 1. The number of carbonyl (C=O) groups is 1. The molecule has 0 unspecified atom stereocenters. The maximum Gasteiger partial charge on any atom is 0.259 e. The number of amides is 1. The molecule has 1 amide bonds. The topological polar surface area (TPSA) is 79.2 Å². The predicted molar refractivity (Wildman–Crippen MR) is 89.4 cm³/mol. The van der Waals surface area contributed by atoms with Crippen LogP contribution in [0.5, 0.6) is 0 Å². The van der Waals surface area contributed by atoms with Crippen LogP contribution < -0.4 is 11.2 Å². The van der Waals surface area contributed by atoms with Crippen LogP contribution in [0.15, 0.2) is 29.2 Å². The van der Waals surface area contributed by atoms with Crippen molar-refractivity contribution in [1.29, 1.82) is 0 Å². The lowest BCUT2D eigenvalue weighted by molar-refractivity contribution is 0.0783. The first-order valence-electron chi connectivity index (χ1n) is 8.21. The van der Waals surface area contributed by atoms with Gasteiger partial charge in [-0.25, -0.2) is 0 Å². The van der Waals surface area contributed by atoms with Crippen molar-refractivity contribution in [3.05, 3.63) is 45.7 Å². The first-order valence-corrected chi connectivity index (χ1v) is 8.21. The number of nitrogens with two attached hydrogens (primary N) is 1. The Morgan fingerprint density at radius 3 is 2.83 bits per heavy atom. The van der Waals surface area contributed by atoms with E-state index < -0.39 is 0 Å². The quantitative estimate of drug-likeness (QED) is 0.885. The molecule has 0 spiro atoms. The molecule has 0 bridgehead atoms. The molecule has 2 atom stereocenters. The molecule has 2 aliphatic rings. The Morgan fingerprint density at radius 2 is 2.09 bits per heavy atom. The van der Waals surface area contributed by atoms with Gasteiger partial charge in [-0.3, -0.25) is 9.59 Å². The minimum atomic E-state index is -0.201. The maximum atomic E-state index is 12.8. The summed E-state index contributed by atoms with van der Waals surface area (Å²) < 4.78 is 0. The molecule has 2 fully saturated rings. The zero-order chi connectivity index (χ0) is 16.1. The molecule has 0 radical (unpaired) electrons. The maximum absolute atomic E-state index is 12.8. The Kier molecular flexibility index (Phi) is 3.27. The van der Waals surface area contributed by atoms with E-state index in [4.69, 9.17) is 5.73 Å². The summed E-state index contributed by atoms with van der Waals surface area (Å²) in [5, 5.41) is 0.568. The molecule has 1 aliphatic heterocycles. The summed E-state index contributed by atoms with van der Waals surface area (Å²) in [6, 6.07) is 5.68. The van der Waals surface area contributed by atoms with Crippen LogP contribution in [0.4, 0.5) is 0 Å². The number of benzene rings is 1. The van der Waals surface area contributed by atoms with Gasteiger partial charge in [0.2, 0.25) is 5.43 Å². The Hall–Kier alpha value is -2.14. The average Bonchev–Trinajstić information content (AvgIpc) is 3.30. The molecule has 1 saturated carbocycles. The highest BCUT2D eigenvalue weighted by molar-refractivity contribution is 5.97. The summed E-state index contributed by atoms with van der Waals surface area (Å²) in [4.78, 5) is 30.3. The number of rotatable bonds is 2. The van der Waals surface area contributed by atoms with Crippen molar-refractivity contribution in [2.75, 3.05) is 13.1 Å². The lowest BCUT2D eigenvalue weighted by atomic mass is 9.99. The summed E-state index contributed by atoms with van der Waals surface area (Å²) in [6.07, 6.45) is 3.98. The van der Waals surface area contributed by atoms with E-state index in [2.05, 4.69) is 4.98 Å². The minimum absolute atomic E-state index is 0.0354. The Balaban J connectivity index is 1.67. The Labute approximate surface area is 134 Å². The van der Waals surface area contributed by atoms with E-state index in [1.807, 2.05) is 25.1 Å². The highest BCUT2D eigenvalue weighted by Crippen LogP contribution is 2.41. The van der Waals surface area contributed by atoms with E-state index in [9.17, 15) is 9.59 Å². The van der Waals surface area contributed by atoms with Gasteiger partial charge in [0.05, 0.1) is 0 Å². The monoisotopic (exact) mass is 311 g/mol. The number of aromatic nitrogens is 1. The van der Waals surface area contributed by atoms with Crippen LogP contribution in [-0.2, 0) is 0 Å². The zero-order valence-electron chi connectivity index (χ0n) is 13.2. The second-order valence-electron chi connectivity index (χ2n) is 6.96. The van der Waals surface area contributed by atoms with Crippen LogP contribution in [0.2, 0.25) is 0 Å². The highest BCUT2D eigenvalue weighted by Gasteiger charge is 2.42. The molecular formula is C18H21N3O2. The van der Waals surface area contributed by atoms with E-state index in [1.54, 1.807) is 4.90 Å². The summed E-state index contributed by atoms with van der Waals surface area (Å²) in [5.41, 5.74) is 7.97. The molecule has 1 aromatic carbocycles. The minimum Gasteiger partial charge on any atom is -0.360 e. The number of H-pyrrole nitrogens is 1. The SMILES string of the molecule is Cc1ccc2[nH]cc(C(=O)N3C[C@H](C4CC4)[C@@H](N)C3)c(=O)c2c1. The van der Waals surface area contributed by atoms with Gasteiger partial charge in [-0.2, -0.15) is 0 Å². The first-order chi connectivity index (χ1) is 11.0. The molecule has 23 heavy (non-hydrogen) atoms. The highest BCUT2D eigenvalue weighted by atomic mass is 16.2. The van der Waals surface area contributed by atoms with Crippen molar-refractivity contribution in [3.63, 3.8) is 0 Å². The zero-order valence-corrected chi connectivity index (χ0v) is 13.2. The summed E-state index contributed by atoms with van der Waals surface area (Å²) >= 11 is 0. The van der Waals surface area contributed by atoms with Crippen molar-refractivity contribution >= 4 is 16.8 Å². The van der Waals surface area contributed by atoms with Crippen LogP contribution >= 0.6 is 0 Å². The fourth-order valence-corrected chi connectivity index (χ4v) is 3.70. The summed E-state index contributed by atoms with van der Waals surface area (Å²) in [6.45, 7) is 3.16. The summed E-state index contributed by atoms with van der Waals surface area (Å²) in [5.74, 6) is 0.856.